The van der Waals surface area contributed by atoms with Crippen LogP contribution in [0.1, 0.15) is 28.4 Å². The number of rotatable bonds is 1. The van der Waals surface area contributed by atoms with E-state index in [4.69, 9.17) is 5.26 Å². The quantitative estimate of drug-likeness (QED) is 0.588. The fourth-order valence-corrected chi connectivity index (χ4v) is 1.97. The monoisotopic (exact) mass is 285 g/mol. The van der Waals surface area contributed by atoms with Gasteiger partial charge >= 0.3 is 0 Å². The van der Waals surface area contributed by atoms with E-state index in [0.717, 1.165) is 9.13 Å². The Hall–Kier alpha value is -0.890. The summed E-state index contributed by atoms with van der Waals surface area (Å²) in [5.74, 6) is -0.0512. The van der Waals surface area contributed by atoms with Gasteiger partial charge in [0.25, 0.3) is 0 Å². The molecule has 0 aromatic heterocycles. The van der Waals surface area contributed by atoms with E-state index in [1.165, 1.54) is 6.92 Å². The summed E-state index contributed by atoms with van der Waals surface area (Å²) >= 11 is 2.10. The second-order valence-corrected chi connectivity index (χ2v) is 3.87. The molecule has 2 nitrogen and oxygen atoms in total. The molecule has 3 heteroatoms. The number of benzene rings is 1. The van der Waals surface area contributed by atoms with Gasteiger partial charge in [0.05, 0.1) is 11.6 Å². The van der Waals surface area contributed by atoms with E-state index in [-0.39, 0.29) is 5.78 Å². The number of carbonyl (C=O) groups is 1. The van der Waals surface area contributed by atoms with E-state index in [9.17, 15) is 4.79 Å². The first-order valence-corrected chi connectivity index (χ1v) is 4.86. The molecule has 0 heterocycles. The first-order chi connectivity index (χ1) is 6.07. The zero-order valence-corrected chi connectivity index (χ0v) is 9.55. The van der Waals surface area contributed by atoms with Gasteiger partial charge in [0.1, 0.15) is 0 Å². The summed E-state index contributed by atoms with van der Waals surface area (Å²) < 4.78 is 0.879. The molecule has 0 radical (unpaired) electrons. The second-order valence-electron chi connectivity index (χ2n) is 2.79. The maximum absolute atomic E-state index is 11.2. The van der Waals surface area contributed by atoms with Crippen LogP contribution in [0.3, 0.4) is 0 Å². The van der Waals surface area contributed by atoms with Gasteiger partial charge in [-0.05, 0) is 48.1 Å². The largest absolute Gasteiger partial charge is 0.294 e. The molecule has 0 aliphatic carbocycles. The van der Waals surface area contributed by atoms with Gasteiger partial charge in [-0.25, -0.2) is 0 Å². The van der Waals surface area contributed by atoms with Crippen molar-refractivity contribution >= 4 is 28.4 Å². The molecular formula is C10H8INO. The highest BCUT2D eigenvalue weighted by Gasteiger charge is 2.12. The van der Waals surface area contributed by atoms with E-state index in [0.29, 0.717) is 11.1 Å². The van der Waals surface area contributed by atoms with Crippen molar-refractivity contribution in [2.24, 2.45) is 0 Å². The number of carbonyl (C=O) groups excluding carboxylic acids is 1. The average Bonchev–Trinajstić information content (AvgIpc) is 2.08. The van der Waals surface area contributed by atoms with Gasteiger partial charge in [0.15, 0.2) is 5.78 Å². The Balaban J connectivity index is 3.53. The first-order valence-electron chi connectivity index (χ1n) is 3.78. The molecule has 13 heavy (non-hydrogen) atoms. The molecular weight excluding hydrogens is 277 g/mol. The number of Topliss-reactive ketones (excluding diaryl/α,β-unsaturated/α-hetero) is 1. The third kappa shape index (κ3) is 1.89. The number of nitriles is 1. The predicted octanol–water partition coefficient (Wildman–Crippen LogP) is 2.67. The number of hydrogen-bond acceptors (Lipinski definition) is 2. The number of aryl methyl sites for hydroxylation is 1. The van der Waals surface area contributed by atoms with Crippen LogP contribution >= 0.6 is 22.6 Å². The smallest absolute Gasteiger partial charge is 0.162 e. The van der Waals surface area contributed by atoms with E-state index >= 15 is 0 Å². The van der Waals surface area contributed by atoms with Crippen molar-refractivity contribution in [3.05, 3.63) is 32.4 Å². The molecule has 0 aliphatic heterocycles. The third-order valence-electron chi connectivity index (χ3n) is 1.81. The number of nitrogens with zero attached hydrogens (tertiary/aromatic N) is 1. The van der Waals surface area contributed by atoms with Gasteiger partial charge in [-0.15, -0.1) is 0 Å². The highest BCUT2D eigenvalue weighted by atomic mass is 127. The van der Waals surface area contributed by atoms with E-state index < -0.39 is 0 Å². The van der Waals surface area contributed by atoms with Crippen LogP contribution in [0.5, 0.6) is 0 Å². The lowest BCUT2D eigenvalue weighted by molar-refractivity contribution is 0.101. The minimum Gasteiger partial charge on any atom is -0.294 e. The first kappa shape index (κ1) is 10.2. The molecule has 0 bridgehead atoms. The zero-order chi connectivity index (χ0) is 10.0. The molecule has 0 atom stereocenters. The van der Waals surface area contributed by atoms with Gasteiger partial charge in [0.2, 0.25) is 0 Å². The molecule has 66 valence electrons. The minimum absolute atomic E-state index is 0.0512. The Labute approximate surface area is 90.7 Å². The van der Waals surface area contributed by atoms with Crippen molar-refractivity contribution in [2.75, 3.05) is 0 Å². The Kier molecular flexibility index (Phi) is 3.04. The summed E-state index contributed by atoms with van der Waals surface area (Å²) in [5, 5.41) is 8.78. The molecule has 0 unspecified atom stereocenters. The topological polar surface area (TPSA) is 40.9 Å². The van der Waals surface area contributed by atoms with E-state index in [1.807, 2.05) is 19.1 Å². The molecule has 0 N–H and O–H groups in total. The van der Waals surface area contributed by atoms with Crippen LogP contribution in [-0.4, -0.2) is 5.78 Å². The van der Waals surface area contributed by atoms with Crippen molar-refractivity contribution in [3.63, 3.8) is 0 Å². The Bertz CT molecular complexity index is 404. The van der Waals surface area contributed by atoms with Gasteiger partial charge in [-0.2, -0.15) is 5.26 Å². The molecule has 1 aromatic carbocycles. The summed E-state index contributed by atoms with van der Waals surface area (Å²) in [5.41, 5.74) is 2.04. The van der Waals surface area contributed by atoms with Crippen molar-refractivity contribution in [2.45, 2.75) is 13.8 Å². The second kappa shape index (κ2) is 3.88. The standard InChI is InChI=1S/C10H8INO/c1-6-3-4-8(5-12)9(7(2)13)10(6)11/h3-4H,1-2H3. The molecule has 0 amide bonds. The van der Waals surface area contributed by atoms with Crippen molar-refractivity contribution in [1.29, 1.82) is 5.26 Å². The van der Waals surface area contributed by atoms with Crippen molar-refractivity contribution in [1.82, 2.24) is 0 Å². The van der Waals surface area contributed by atoms with Crippen LogP contribution in [0.2, 0.25) is 0 Å². The Morgan fingerprint density at radius 2 is 2.15 bits per heavy atom. The predicted molar refractivity (Wildman–Crippen MR) is 58.6 cm³/mol. The van der Waals surface area contributed by atoms with Crippen LogP contribution < -0.4 is 0 Å². The maximum Gasteiger partial charge on any atom is 0.162 e. The van der Waals surface area contributed by atoms with Gasteiger partial charge < -0.3 is 0 Å². The average molecular weight is 285 g/mol. The molecule has 0 spiro atoms. The van der Waals surface area contributed by atoms with Gasteiger partial charge in [0, 0.05) is 9.13 Å². The van der Waals surface area contributed by atoms with Gasteiger partial charge in [-0.3, -0.25) is 4.79 Å². The lowest BCUT2D eigenvalue weighted by Crippen LogP contribution is -2.01. The molecule has 1 rings (SSSR count). The zero-order valence-electron chi connectivity index (χ0n) is 7.39. The number of ketones is 1. The van der Waals surface area contributed by atoms with Crippen LogP contribution in [-0.2, 0) is 0 Å². The lowest BCUT2D eigenvalue weighted by Gasteiger charge is -2.05. The molecule has 0 saturated heterocycles. The SMILES string of the molecule is CC(=O)c1c(C#N)ccc(C)c1I. The minimum atomic E-state index is -0.0512. The Morgan fingerprint density at radius 1 is 1.54 bits per heavy atom. The van der Waals surface area contributed by atoms with E-state index in [1.54, 1.807) is 6.07 Å². The molecule has 0 aliphatic rings. The normalized spacial score (nSPS) is 9.38. The van der Waals surface area contributed by atoms with E-state index in [2.05, 4.69) is 22.6 Å². The summed E-state index contributed by atoms with van der Waals surface area (Å²) in [6, 6.07) is 5.56. The third-order valence-corrected chi connectivity index (χ3v) is 3.20. The van der Waals surface area contributed by atoms with Gasteiger partial charge in [-0.1, -0.05) is 6.07 Å². The fraction of sp³-hybridized carbons (Fsp3) is 0.200. The number of halogens is 1. The van der Waals surface area contributed by atoms with Crippen molar-refractivity contribution < 1.29 is 4.79 Å². The molecule has 0 fully saturated rings. The van der Waals surface area contributed by atoms with Crippen LogP contribution in [0, 0.1) is 21.8 Å². The van der Waals surface area contributed by atoms with Crippen LogP contribution in [0.4, 0.5) is 0 Å². The Morgan fingerprint density at radius 3 is 2.62 bits per heavy atom. The molecule has 0 saturated carbocycles. The molecule has 1 aromatic rings. The summed E-state index contributed by atoms with van der Waals surface area (Å²) in [7, 11) is 0. The van der Waals surface area contributed by atoms with Crippen molar-refractivity contribution in [3.8, 4) is 6.07 Å². The summed E-state index contributed by atoms with van der Waals surface area (Å²) in [6.45, 7) is 3.41. The highest BCUT2D eigenvalue weighted by Crippen LogP contribution is 2.20. The van der Waals surface area contributed by atoms with Crippen LogP contribution in [0.15, 0.2) is 12.1 Å². The maximum atomic E-state index is 11.2. The number of hydrogen-bond donors (Lipinski definition) is 0. The highest BCUT2D eigenvalue weighted by molar-refractivity contribution is 14.1. The fourth-order valence-electron chi connectivity index (χ4n) is 1.12. The summed E-state index contributed by atoms with van der Waals surface area (Å²) in [6.07, 6.45) is 0. The van der Waals surface area contributed by atoms with Crippen LogP contribution in [0.25, 0.3) is 0 Å². The summed E-state index contributed by atoms with van der Waals surface area (Å²) in [4.78, 5) is 11.2. The lowest BCUT2D eigenvalue weighted by atomic mass is 10.0.